The van der Waals surface area contributed by atoms with Gasteiger partial charge in [0.05, 0.1) is 6.54 Å². The van der Waals surface area contributed by atoms with Crippen LogP contribution < -0.4 is 5.32 Å². The molecular formula is C16H29N3O. The molecule has 0 aromatic carbocycles. The Bertz CT molecular complexity index is 389. The number of carbonyl (C=O) groups excluding carboxylic acids is 1. The van der Waals surface area contributed by atoms with Gasteiger partial charge >= 0.3 is 0 Å². The predicted molar refractivity (Wildman–Crippen MR) is 80.5 cm³/mol. The van der Waals surface area contributed by atoms with Crippen LogP contribution in [0.25, 0.3) is 0 Å². The lowest BCUT2D eigenvalue weighted by molar-refractivity contribution is -0.133. The van der Waals surface area contributed by atoms with E-state index in [0.29, 0.717) is 29.3 Å². The van der Waals surface area contributed by atoms with Crippen molar-refractivity contribution in [3.63, 3.8) is 0 Å². The van der Waals surface area contributed by atoms with Gasteiger partial charge in [-0.1, -0.05) is 20.8 Å². The summed E-state index contributed by atoms with van der Waals surface area (Å²) in [5.74, 6) is 0.360. The maximum absolute atomic E-state index is 12.7. The number of likely N-dealkylation sites (tertiary alicyclic amines) is 1. The highest BCUT2D eigenvalue weighted by molar-refractivity contribution is 5.79. The van der Waals surface area contributed by atoms with Gasteiger partial charge in [0.2, 0.25) is 5.91 Å². The summed E-state index contributed by atoms with van der Waals surface area (Å²) in [6.07, 6.45) is 3.65. The molecule has 114 valence electrons. The molecule has 3 aliphatic rings. The Labute approximate surface area is 122 Å². The number of piperazine rings is 1. The number of rotatable bonds is 2. The Hall–Kier alpha value is -0.610. The number of nitrogens with one attached hydrogen (secondary N) is 1. The first-order valence-corrected chi connectivity index (χ1v) is 8.10. The quantitative estimate of drug-likeness (QED) is 0.828. The van der Waals surface area contributed by atoms with E-state index in [1.54, 1.807) is 0 Å². The van der Waals surface area contributed by atoms with Gasteiger partial charge in [-0.2, -0.15) is 0 Å². The lowest BCUT2D eigenvalue weighted by Crippen LogP contribution is -2.49. The van der Waals surface area contributed by atoms with Gasteiger partial charge in [-0.25, -0.2) is 0 Å². The molecule has 4 nitrogen and oxygen atoms in total. The minimum atomic E-state index is 0.353. The van der Waals surface area contributed by atoms with Crippen molar-refractivity contribution in [2.75, 3.05) is 39.3 Å². The van der Waals surface area contributed by atoms with E-state index in [1.165, 1.54) is 19.3 Å². The average molecular weight is 279 g/mol. The third-order valence-electron chi connectivity index (χ3n) is 5.30. The Morgan fingerprint density at radius 3 is 2.60 bits per heavy atom. The standard InChI is InChI=1S/C16H29N3O/c1-15(2)8-13-9-16(3,11-15)12-19(13)14(20)10-18-6-4-17-5-7-18/h13,17H,4-12H2,1-3H3. The van der Waals surface area contributed by atoms with Gasteiger partial charge in [0.25, 0.3) is 0 Å². The minimum absolute atomic E-state index is 0.353. The molecule has 3 rings (SSSR count). The normalized spacial score (nSPS) is 37.1. The van der Waals surface area contributed by atoms with E-state index in [0.717, 1.165) is 32.7 Å². The Balaban J connectivity index is 1.64. The number of hydrogen-bond acceptors (Lipinski definition) is 3. The molecule has 2 saturated heterocycles. The van der Waals surface area contributed by atoms with Crippen LogP contribution in [-0.2, 0) is 4.79 Å². The van der Waals surface area contributed by atoms with Gasteiger partial charge in [-0.15, -0.1) is 0 Å². The van der Waals surface area contributed by atoms with Crippen molar-refractivity contribution in [1.82, 2.24) is 15.1 Å². The molecule has 2 atom stereocenters. The SMILES string of the molecule is CC1(C)CC2CC(C)(CN2C(=O)CN2CCNCC2)C1. The van der Waals surface area contributed by atoms with Crippen LogP contribution >= 0.6 is 0 Å². The summed E-state index contributed by atoms with van der Waals surface area (Å²) in [6, 6.07) is 0.485. The summed E-state index contributed by atoms with van der Waals surface area (Å²) in [4.78, 5) is 17.2. The first-order chi connectivity index (χ1) is 9.37. The minimum Gasteiger partial charge on any atom is -0.338 e. The van der Waals surface area contributed by atoms with Gasteiger partial charge in [0, 0.05) is 38.8 Å². The lowest BCUT2D eigenvalue weighted by atomic mass is 9.65. The largest absolute Gasteiger partial charge is 0.338 e. The van der Waals surface area contributed by atoms with Crippen molar-refractivity contribution < 1.29 is 4.79 Å². The smallest absolute Gasteiger partial charge is 0.237 e. The molecule has 2 bridgehead atoms. The summed E-state index contributed by atoms with van der Waals surface area (Å²) in [6.45, 7) is 12.7. The fourth-order valence-electron chi connectivity index (χ4n) is 4.90. The summed E-state index contributed by atoms with van der Waals surface area (Å²) < 4.78 is 0. The predicted octanol–water partition coefficient (Wildman–Crippen LogP) is 1.32. The molecule has 20 heavy (non-hydrogen) atoms. The van der Waals surface area contributed by atoms with Gasteiger partial charge in [0.1, 0.15) is 0 Å². The zero-order valence-corrected chi connectivity index (χ0v) is 13.2. The van der Waals surface area contributed by atoms with E-state index in [1.807, 2.05) is 0 Å². The molecule has 2 heterocycles. The molecule has 0 aromatic rings. The van der Waals surface area contributed by atoms with Crippen molar-refractivity contribution in [2.45, 2.75) is 46.1 Å². The average Bonchev–Trinajstić information content (AvgIpc) is 2.60. The van der Waals surface area contributed by atoms with E-state index >= 15 is 0 Å². The van der Waals surface area contributed by atoms with Gasteiger partial charge in [-0.3, -0.25) is 9.69 Å². The highest BCUT2D eigenvalue weighted by Crippen LogP contribution is 2.52. The first kappa shape index (κ1) is 14.3. The molecule has 2 unspecified atom stereocenters. The van der Waals surface area contributed by atoms with Crippen LogP contribution in [0.2, 0.25) is 0 Å². The third-order valence-corrected chi connectivity index (χ3v) is 5.30. The molecule has 2 aliphatic heterocycles. The van der Waals surface area contributed by atoms with E-state index < -0.39 is 0 Å². The number of fused-ring (bicyclic) bond motifs is 2. The maximum atomic E-state index is 12.7. The summed E-state index contributed by atoms with van der Waals surface area (Å²) in [5, 5.41) is 3.34. The number of nitrogens with zero attached hydrogens (tertiary/aromatic N) is 2. The van der Waals surface area contributed by atoms with Gasteiger partial charge in [0.15, 0.2) is 0 Å². The second-order valence-corrected chi connectivity index (χ2v) is 8.26. The highest BCUT2D eigenvalue weighted by Gasteiger charge is 2.50. The molecule has 0 aromatic heterocycles. The van der Waals surface area contributed by atoms with E-state index in [-0.39, 0.29) is 0 Å². The van der Waals surface area contributed by atoms with Crippen LogP contribution in [0.3, 0.4) is 0 Å². The van der Waals surface area contributed by atoms with Crippen LogP contribution in [0.15, 0.2) is 0 Å². The molecule has 1 N–H and O–H groups in total. The molecule has 1 aliphatic carbocycles. The zero-order chi connectivity index (χ0) is 14.4. The fourth-order valence-corrected chi connectivity index (χ4v) is 4.90. The van der Waals surface area contributed by atoms with Crippen molar-refractivity contribution in [3.8, 4) is 0 Å². The molecule has 0 spiro atoms. The topological polar surface area (TPSA) is 35.6 Å². The Kier molecular flexibility index (Phi) is 3.57. The highest BCUT2D eigenvalue weighted by atomic mass is 16.2. The van der Waals surface area contributed by atoms with Crippen LogP contribution in [-0.4, -0.2) is 61.0 Å². The van der Waals surface area contributed by atoms with Crippen molar-refractivity contribution in [1.29, 1.82) is 0 Å². The monoisotopic (exact) mass is 279 g/mol. The van der Waals surface area contributed by atoms with Crippen LogP contribution in [0.5, 0.6) is 0 Å². The van der Waals surface area contributed by atoms with E-state index in [2.05, 4.69) is 35.9 Å². The Morgan fingerprint density at radius 1 is 1.20 bits per heavy atom. The van der Waals surface area contributed by atoms with E-state index in [9.17, 15) is 4.79 Å². The third kappa shape index (κ3) is 2.86. The van der Waals surface area contributed by atoms with Gasteiger partial charge in [-0.05, 0) is 30.1 Å². The van der Waals surface area contributed by atoms with Crippen molar-refractivity contribution in [3.05, 3.63) is 0 Å². The zero-order valence-electron chi connectivity index (χ0n) is 13.2. The molecule has 4 heteroatoms. The molecule has 0 radical (unpaired) electrons. The molecular weight excluding hydrogens is 250 g/mol. The van der Waals surface area contributed by atoms with Crippen LogP contribution in [0.1, 0.15) is 40.0 Å². The molecule has 1 saturated carbocycles. The summed E-state index contributed by atoms with van der Waals surface area (Å²) >= 11 is 0. The van der Waals surface area contributed by atoms with Crippen molar-refractivity contribution in [2.24, 2.45) is 10.8 Å². The fraction of sp³-hybridized carbons (Fsp3) is 0.938. The number of hydrogen-bond donors (Lipinski definition) is 1. The van der Waals surface area contributed by atoms with Crippen LogP contribution in [0, 0.1) is 10.8 Å². The summed E-state index contributed by atoms with van der Waals surface area (Å²) in [7, 11) is 0. The second kappa shape index (κ2) is 4.99. The van der Waals surface area contributed by atoms with Crippen molar-refractivity contribution >= 4 is 5.91 Å². The lowest BCUT2D eigenvalue weighted by Gasteiger charge is -2.39. The first-order valence-electron chi connectivity index (χ1n) is 8.10. The number of carbonyl (C=O) groups is 1. The van der Waals surface area contributed by atoms with Crippen LogP contribution in [0.4, 0.5) is 0 Å². The maximum Gasteiger partial charge on any atom is 0.237 e. The Morgan fingerprint density at radius 2 is 1.90 bits per heavy atom. The summed E-state index contributed by atoms with van der Waals surface area (Å²) in [5.41, 5.74) is 0.743. The van der Waals surface area contributed by atoms with Gasteiger partial charge < -0.3 is 10.2 Å². The number of amides is 1. The molecule has 1 amide bonds. The second-order valence-electron chi connectivity index (χ2n) is 8.26. The van der Waals surface area contributed by atoms with E-state index in [4.69, 9.17) is 0 Å². The molecule has 3 fully saturated rings.